The van der Waals surface area contributed by atoms with Gasteiger partial charge in [-0.1, -0.05) is 24.5 Å². The van der Waals surface area contributed by atoms with Gasteiger partial charge in [-0.3, -0.25) is 0 Å². The second-order valence-electron chi connectivity index (χ2n) is 4.69. The quantitative estimate of drug-likeness (QED) is 0.721. The van der Waals surface area contributed by atoms with E-state index < -0.39 is 11.7 Å². The standard InChI is InChI=1S/C13H15F3/c1-9-6-11(5-4-10-2-3-10)8-12(7-9)13(14,15)16/h6-8,10H,2-5H2,1H3. The second-order valence-corrected chi connectivity index (χ2v) is 4.69. The van der Waals surface area contributed by atoms with E-state index in [9.17, 15) is 13.2 Å². The highest BCUT2D eigenvalue weighted by Crippen LogP contribution is 2.35. The maximum Gasteiger partial charge on any atom is 0.416 e. The molecule has 0 N–H and O–H groups in total. The first-order chi connectivity index (χ1) is 7.45. The highest BCUT2D eigenvalue weighted by molar-refractivity contribution is 5.31. The van der Waals surface area contributed by atoms with Gasteiger partial charge in [-0.15, -0.1) is 0 Å². The SMILES string of the molecule is Cc1cc(CCC2CC2)cc(C(F)(F)F)c1. The summed E-state index contributed by atoms with van der Waals surface area (Å²) in [5.41, 5.74) is 0.998. The molecule has 0 unspecified atom stereocenters. The van der Waals surface area contributed by atoms with Crippen molar-refractivity contribution in [3.05, 3.63) is 34.9 Å². The fourth-order valence-corrected chi connectivity index (χ4v) is 1.95. The zero-order valence-electron chi connectivity index (χ0n) is 9.27. The van der Waals surface area contributed by atoms with E-state index in [0.717, 1.165) is 24.3 Å². The van der Waals surface area contributed by atoms with E-state index >= 15 is 0 Å². The molecule has 0 radical (unpaired) electrons. The lowest BCUT2D eigenvalue weighted by atomic mass is 10.0. The molecule has 1 aromatic carbocycles. The van der Waals surface area contributed by atoms with Crippen LogP contribution in [0.2, 0.25) is 0 Å². The van der Waals surface area contributed by atoms with E-state index in [-0.39, 0.29) is 0 Å². The van der Waals surface area contributed by atoms with E-state index in [1.807, 2.05) is 6.07 Å². The summed E-state index contributed by atoms with van der Waals surface area (Å²) >= 11 is 0. The minimum absolute atomic E-state index is 0.515. The molecule has 1 saturated carbocycles. The minimum Gasteiger partial charge on any atom is -0.166 e. The molecule has 0 nitrogen and oxygen atoms in total. The van der Waals surface area contributed by atoms with Crippen molar-refractivity contribution >= 4 is 0 Å². The molecule has 16 heavy (non-hydrogen) atoms. The van der Waals surface area contributed by atoms with Crippen molar-refractivity contribution in [2.24, 2.45) is 5.92 Å². The van der Waals surface area contributed by atoms with Gasteiger partial charge in [0.2, 0.25) is 0 Å². The molecule has 0 saturated heterocycles. The third-order valence-corrected chi connectivity index (χ3v) is 3.00. The van der Waals surface area contributed by atoms with Crippen molar-refractivity contribution < 1.29 is 13.2 Å². The largest absolute Gasteiger partial charge is 0.416 e. The molecule has 1 fully saturated rings. The van der Waals surface area contributed by atoms with Gasteiger partial charge in [-0.2, -0.15) is 13.2 Å². The van der Waals surface area contributed by atoms with E-state index in [1.165, 1.54) is 25.0 Å². The summed E-state index contributed by atoms with van der Waals surface area (Å²) in [5.74, 6) is 0.759. The van der Waals surface area contributed by atoms with Gasteiger partial charge in [0, 0.05) is 0 Å². The zero-order valence-corrected chi connectivity index (χ0v) is 9.27. The summed E-state index contributed by atoms with van der Waals surface area (Å²) in [5, 5.41) is 0. The molecule has 3 heteroatoms. The highest BCUT2D eigenvalue weighted by Gasteiger charge is 2.31. The van der Waals surface area contributed by atoms with Gasteiger partial charge < -0.3 is 0 Å². The number of benzene rings is 1. The molecule has 88 valence electrons. The van der Waals surface area contributed by atoms with Crippen molar-refractivity contribution in [3.8, 4) is 0 Å². The summed E-state index contributed by atoms with van der Waals surface area (Å²) < 4.78 is 37.7. The number of hydrogen-bond donors (Lipinski definition) is 0. The van der Waals surface area contributed by atoms with Crippen LogP contribution in [0.4, 0.5) is 13.2 Å². The molecular weight excluding hydrogens is 213 g/mol. The summed E-state index contributed by atoms with van der Waals surface area (Å²) in [6, 6.07) is 4.35. The Labute approximate surface area is 93.5 Å². The minimum atomic E-state index is -4.22. The Morgan fingerprint density at radius 2 is 1.88 bits per heavy atom. The smallest absolute Gasteiger partial charge is 0.166 e. The number of halogens is 3. The molecule has 0 bridgehead atoms. The Bertz CT molecular complexity index is 375. The van der Waals surface area contributed by atoms with Gasteiger partial charge in [-0.05, 0) is 43.4 Å². The van der Waals surface area contributed by atoms with E-state index in [1.54, 1.807) is 6.92 Å². The Kier molecular flexibility index (Phi) is 2.96. The van der Waals surface area contributed by atoms with E-state index in [2.05, 4.69) is 0 Å². The average molecular weight is 228 g/mol. The molecule has 0 amide bonds. The van der Waals surface area contributed by atoms with Crippen LogP contribution in [0.1, 0.15) is 36.0 Å². The predicted octanol–water partition coefficient (Wildman–Crippen LogP) is 4.36. The predicted molar refractivity (Wildman–Crippen MR) is 57.2 cm³/mol. The average Bonchev–Trinajstić information content (AvgIpc) is 2.96. The fourth-order valence-electron chi connectivity index (χ4n) is 1.95. The van der Waals surface area contributed by atoms with E-state index in [0.29, 0.717) is 5.56 Å². The Morgan fingerprint density at radius 3 is 2.44 bits per heavy atom. The molecule has 2 rings (SSSR count). The van der Waals surface area contributed by atoms with Crippen molar-refractivity contribution in [1.82, 2.24) is 0 Å². The number of hydrogen-bond acceptors (Lipinski definition) is 0. The molecule has 0 spiro atoms. The van der Waals surface area contributed by atoms with Crippen molar-refractivity contribution in [1.29, 1.82) is 0 Å². The molecule has 0 aliphatic heterocycles. The van der Waals surface area contributed by atoms with Gasteiger partial charge in [0.1, 0.15) is 0 Å². The normalized spacial score (nSPS) is 16.5. The first-order valence-corrected chi connectivity index (χ1v) is 5.63. The summed E-state index contributed by atoms with van der Waals surface area (Å²) in [4.78, 5) is 0. The van der Waals surface area contributed by atoms with E-state index in [4.69, 9.17) is 0 Å². The fraction of sp³-hybridized carbons (Fsp3) is 0.538. The molecule has 1 aliphatic carbocycles. The van der Waals surface area contributed by atoms with Crippen LogP contribution in [-0.2, 0) is 12.6 Å². The summed E-state index contributed by atoms with van der Waals surface area (Å²) in [6.07, 6.45) is 0.0758. The van der Waals surface area contributed by atoms with Crippen LogP contribution < -0.4 is 0 Å². The van der Waals surface area contributed by atoms with Crippen LogP contribution in [0.15, 0.2) is 18.2 Å². The van der Waals surface area contributed by atoms with Crippen molar-refractivity contribution in [2.75, 3.05) is 0 Å². The maximum atomic E-state index is 12.6. The maximum absolute atomic E-state index is 12.6. The van der Waals surface area contributed by atoms with Gasteiger partial charge in [-0.25, -0.2) is 0 Å². The van der Waals surface area contributed by atoms with Gasteiger partial charge >= 0.3 is 6.18 Å². The van der Waals surface area contributed by atoms with Crippen LogP contribution >= 0.6 is 0 Å². The van der Waals surface area contributed by atoms with Crippen LogP contribution in [0.3, 0.4) is 0 Å². The van der Waals surface area contributed by atoms with Crippen LogP contribution in [0.5, 0.6) is 0 Å². The lowest BCUT2D eigenvalue weighted by Crippen LogP contribution is -2.06. The Balaban J connectivity index is 2.14. The summed E-state index contributed by atoms with van der Waals surface area (Å²) in [7, 11) is 0. The topological polar surface area (TPSA) is 0 Å². The number of alkyl halides is 3. The molecule has 0 aromatic heterocycles. The summed E-state index contributed by atoms with van der Waals surface area (Å²) in [6.45, 7) is 1.72. The monoisotopic (exact) mass is 228 g/mol. The molecule has 1 aliphatic rings. The first kappa shape index (κ1) is 11.5. The molecular formula is C13H15F3. The first-order valence-electron chi connectivity index (χ1n) is 5.63. The zero-order chi connectivity index (χ0) is 11.8. The van der Waals surface area contributed by atoms with Crippen molar-refractivity contribution in [2.45, 2.75) is 38.8 Å². The number of aryl methyl sites for hydroxylation is 2. The lowest BCUT2D eigenvalue weighted by Gasteiger charge is -2.10. The molecule has 1 aromatic rings. The lowest BCUT2D eigenvalue weighted by molar-refractivity contribution is -0.137. The number of rotatable bonds is 3. The molecule has 0 atom stereocenters. The van der Waals surface area contributed by atoms with Crippen LogP contribution in [0, 0.1) is 12.8 Å². The highest BCUT2D eigenvalue weighted by atomic mass is 19.4. The van der Waals surface area contributed by atoms with Gasteiger partial charge in [0.15, 0.2) is 0 Å². The second kappa shape index (κ2) is 4.11. The Hall–Kier alpha value is -0.990. The van der Waals surface area contributed by atoms with Gasteiger partial charge in [0.25, 0.3) is 0 Å². The van der Waals surface area contributed by atoms with Crippen LogP contribution in [0.25, 0.3) is 0 Å². The Morgan fingerprint density at radius 1 is 1.19 bits per heavy atom. The molecule has 0 heterocycles. The third kappa shape index (κ3) is 3.00. The third-order valence-electron chi connectivity index (χ3n) is 3.00. The van der Waals surface area contributed by atoms with Crippen molar-refractivity contribution in [3.63, 3.8) is 0 Å². The van der Waals surface area contributed by atoms with Crippen LogP contribution in [-0.4, -0.2) is 0 Å². The van der Waals surface area contributed by atoms with Gasteiger partial charge in [0.05, 0.1) is 5.56 Å².